The minimum Gasteiger partial charge on any atom is -0.344 e. The van der Waals surface area contributed by atoms with Crippen LogP contribution in [0.5, 0.6) is 0 Å². The minimum atomic E-state index is -4.60. The molecular formula is C19H23BrF3N3O. The lowest BCUT2D eigenvalue weighted by molar-refractivity contribution is -0.144. The highest BCUT2D eigenvalue weighted by Crippen LogP contribution is 2.36. The van der Waals surface area contributed by atoms with E-state index in [1.165, 1.54) is 5.56 Å². The normalized spacial score (nSPS) is 14.1. The molecule has 8 heteroatoms. The van der Waals surface area contributed by atoms with Gasteiger partial charge in [-0.2, -0.15) is 18.3 Å². The van der Waals surface area contributed by atoms with Crippen LogP contribution < -0.4 is 5.32 Å². The molecule has 0 saturated heterocycles. The van der Waals surface area contributed by atoms with Crippen molar-refractivity contribution in [3.8, 4) is 0 Å². The second kappa shape index (κ2) is 8.46. The van der Waals surface area contributed by atoms with Crippen LogP contribution in [0.15, 0.2) is 28.7 Å². The Balaban J connectivity index is 2.23. The number of hydrogen-bond donors (Lipinski definition) is 1. The largest absolute Gasteiger partial charge is 0.434 e. The van der Waals surface area contributed by atoms with E-state index in [0.29, 0.717) is 17.0 Å². The number of aryl methyl sites for hydroxylation is 1. The summed E-state index contributed by atoms with van der Waals surface area (Å²) < 4.78 is 39.6. The summed E-state index contributed by atoms with van der Waals surface area (Å²) in [5.41, 5.74) is 0.851. The maximum atomic E-state index is 13.1. The van der Waals surface area contributed by atoms with E-state index in [9.17, 15) is 18.0 Å². The van der Waals surface area contributed by atoms with Gasteiger partial charge in [0.1, 0.15) is 0 Å². The highest BCUT2D eigenvalue weighted by molar-refractivity contribution is 9.10. The first-order chi connectivity index (χ1) is 12.6. The van der Waals surface area contributed by atoms with Gasteiger partial charge in [-0.1, -0.05) is 45.0 Å². The van der Waals surface area contributed by atoms with Crippen LogP contribution in [-0.2, 0) is 13.2 Å². The molecule has 0 spiro atoms. The number of carbonyl (C=O) groups excluding carboxylic acids is 1. The molecule has 1 heterocycles. The quantitative estimate of drug-likeness (QED) is 0.629. The average molecular weight is 446 g/mol. The van der Waals surface area contributed by atoms with E-state index in [1.807, 2.05) is 31.2 Å². The van der Waals surface area contributed by atoms with Crippen LogP contribution >= 0.6 is 15.9 Å². The van der Waals surface area contributed by atoms with Crippen LogP contribution in [0.2, 0.25) is 0 Å². The molecular weight excluding hydrogens is 423 g/mol. The molecule has 1 aromatic carbocycles. The van der Waals surface area contributed by atoms with Crippen LogP contribution in [0.3, 0.4) is 0 Å². The van der Waals surface area contributed by atoms with Gasteiger partial charge in [-0.05, 0) is 45.8 Å². The van der Waals surface area contributed by atoms with Gasteiger partial charge >= 0.3 is 6.18 Å². The number of carbonyl (C=O) groups is 1. The number of rotatable bonds is 6. The van der Waals surface area contributed by atoms with E-state index in [4.69, 9.17) is 0 Å². The summed E-state index contributed by atoms with van der Waals surface area (Å²) in [5.74, 6) is -0.204. The SMILES string of the molecule is CCC(C)c1ccc(C(CC)NC(=O)c2nn(C)c(C(F)(F)F)c2Br)cc1. The first-order valence-corrected chi connectivity index (χ1v) is 9.59. The van der Waals surface area contributed by atoms with Gasteiger partial charge in [0, 0.05) is 7.05 Å². The van der Waals surface area contributed by atoms with Crippen molar-refractivity contribution in [2.24, 2.45) is 7.05 Å². The Hall–Kier alpha value is -1.83. The average Bonchev–Trinajstić information content (AvgIpc) is 2.93. The fourth-order valence-corrected chi connectivity index (χ4v) is 3.63. The van der Waals surface area contributed by atoms with Gasteiger partial charge in [-0.15, -0.1) is 0 Å². The van der Waals surface area contributed by atoms with Crippen molar-refractivity contribution in [3.05, 3.63) is 51.3 Å². The molecule has 0 aliphatic heterocycles. The van der Waals surface area contributed by atoms with E-state index in [2.05, 4.69) is 40.2 Å². The second-order valence-corrected chi connectivity index (χ2v) is 7.34. The second-order valence-electron chi connectivity index (χ2n) is 6.54. The van der Waals surface area contributed by atoms with Crippen molar-refractivity contribution in [1.82, 2.24) is 15.1 Å². The zero-order valence-corrected chi connectivity index (χ0v) is 17.3. The lowest BCUT2D eigenvalue weighted by atomic mass is 9.95. The van der Waals surface area contributed by atoms with Crippen molar-refractivity contribution in [2.45, 2.75) is 51.7 Å². The summed E-state index contributed by atoms with van der Waals surface area (Å²) in [6.45, 7) is 6.17. The molecule has 1 N–H and O–H groups in total. The topological polar surface area (TPSA) is 46.9 Å². The van der Waals surface area contributed by atoms with Crippen LogP contribution in [-0.4, -0.2) is 15.7 Å². The molecule has 0 aliphatic rings. The van der Waals surface area contributed by atoms with E-state index in [-0.39, 0.29) is 16.2 Å². The molecule has 0 saturated carbocycles. The van der Waals surface area contributed by atoms with Crippen LogP contribution in [0.25, 0.3) is 0 Å². The molecule has 4 nitrogen and oxygen atoms in total. The van der Waals surface area contributed by atoms with Gasteiger partial charge in [0.2, 0.25) is 0 Å². The number of amides is 1. The third kappa shape index (κ3) is 4.72. The maximum absolute atomic E-state index is 13.1. The molecule has 0 radical (unpaired) electrons. The number of nitrogens with one attached hydrogen (secondary N) is 1. The highest BCUT2D eigenvalue weighted by atomic mass is 79.9. The number of hydrogen-bond acceptors (Lipinski definition) is 2. The first kappa shape index (κ1) is 21.5. The molecule has 2 rings (SSSR count). The Morgan fingerprint density at radius 3 is 2.19 bits per heavy atom. The van der Waals surface area contributed by atoms with E-state index < -0.39 is 17.8 Å². The van der Waals surface area contributed by atoms with Crippen molar-refractivity contribution < 1.29 is 18.0 Å². The van der Waals surface area contributed by atoms with E-state index in [1.54, 1.807) is 0 Å². The van der Waals surface area contributed by atoms with Crippen LogP contribution in [0.1, 0.15) is 72.9 Å². The number of alkyl halides is 3. The van der Waals surface area contributed by atoms with E-state index in [0.717, 1.165) is 19.0 Å². The number of benzene rings is 1. The molecule has 27 heavy (non-hydrogen) atoms. The summed E-state index contributed by atoms with van der Waals surface area (Å²) in [7, 11) is 1.16. The Bertz CT molecular complexity index is 800. The fraction of sp³-hybridized carbons (Fsp3) is 0.474. The molecule has 2 aromatic rings. The Morgan fingerprint density at radius 2 is 1.74 bits per heavy atom. The predicted octanol–water partition coefficient (Wildman–Crippen LogP) is 5.60. The fourth-order valence-electron chi connectivity index (χ4n) is 2.89. The van der Waals surface area contributed by atoms with Crippen molar-refractivity contribution in [3.63, 3.8) is 0 Å². The third-order valence-corrected chi connectivity index (χ3v) is 5.46. The maximum Gasteiger partial charge on any atom is 0.434 e. The van der Waals surface area contributed by atoms with Crippen molar-refractivity contribution in [1.29, 1.82) is 0 Å². The first-order valence-electron chi connectivity index (χ1n) is 8.80. The molecule has 0 bridgehead atoms. The number of halogens is 4. The summed E-state index contributed by atoms with van der Waals surface area (Å²) >= 11 is 2.88. The lowest BCUT2D eigenvalue weighted by Gasteiger charge is -2.18. The minimum absolute atomic E-state index is 0.278. The Labute approximate surface area is 165 Å². The molecule has 1 aromatic heterocycles. The molecule has 2 unspecified atom stereocenters. The smallest absolute Gasteiger partial charge is 0.344 e. The van der Waals surface area contributed by atoms with E-state index >= 15 is 0 Å². The monoisotopic (exact) mass is 445 g/mol. The summed E-state index contributed by atoms with van der Waals surface area (Å²) in [6, 6.07) is 7.63. The number of nitrogens with zero attached hydrogens (tertiary/aromatic N) is 2. The summed E-state index contributed by atoms with van der Waals surface area (Å²) in [4.78, 5) is 12.5. The third-order valence-electron chi connectivity index (χ3n) is 4.71. The molecule has 0 fully saturated rings. The van der Waals surface area contributed by atoms with Gasteiger partial charge < -0.3 is 5.32 Å². The summed E-state index contributed by atoms with van der Waals surface area (Å²) in [5, 5.41) is 6.53. The highest BCUT2D eigenvalue weighted by Gasteiger charge is 2.39. The Morgan fingerprint density at radius 1 is 1.19 bits per heavy atom. The number of aromatic nitrogens is 2. The molecule has 0 aliphatic carbocycles. The van der Waals surface area contributed by atoms with Gasteiger partial charge in [0.15, 0.2) is 11.4 Å². The molecule has 1 amide bonds. The predicted molar refractivity (Wildman–Crippen MR) is 102 cm³/mol. The van der Waals surface area contributed by atoms with Gasteiger partial charge in [-0.25, -0.2) is 0 Å². The van der Waals surface area contributed by atoms with Crippen molar-refractivity contribution in [2.75, 3.05) is 0 Å². The standard InChI is InChI=1S/C19H23BrF3N3O/c1-5-11(3)12-7-9-13(10-8-12)14(6-2)24-18(27)16-15(20)17(19(21,22)23)26(4)25-16/h7-11,14H,5-6H2,1-4H3,(H,24,27). The Kier molecular flexibility index (Phi) is 6.72. The van der Waals surface area contributed by atoms with Crippen molar-refractivity contribution >= 4 is 21.8 Å². The zero-order valence-electron chi connectivity index (χ0n) is 15.7. The molecule has 148 valence electrons. The molecule has 2 atom stereocenters. The van der Waals surface area contributed by atoms with Gasteiger partial charge in [0.25, 0.3) is 5.91 Å². The zero-order chi connectivity index (χ0) is 20.4. The van der Waals surface area contributed by atoms with Gasteiger partial charge in [0.05, 0.1) is 10.5 Å². The van der Waals surface area contributed by atoms with Gasteiger partial charge in [-0.3, -0.25) is 9.48 Å². The summed E-state index contributed by atoms with van der Waals surface area (Å²) in [6.07, 6.45) is -2.97. The lowest BCUT2D eigenvalue weighted by Crippen LogP contribution is -2.29. The van der Waals surface area contributed by atoms with Crippen LogP contribution in [0.4, 0.5) is 13.2 Å². The van der Waals surface area contributed by atoms with Crippen LogP contribution in [0, 0.1) is 0 Å².